The van der Waals surface area contributed by atoms with Crippen molar-refractivity contribution in [2.75, 3.05) is 5.32 Å². The third-order valence-electron chi connectivity index (χ3n) is 1.97. The molecule has 0 unspecified atom stereocenters. The van der Waals surface area contributed by atoms with Crippen LogP contribution in [0.25, 0.3) is 0 Å². The number of anilines is 1. The van der Waals surface area contributed by atoms with Gasteiger partial charge in [-0.15, -0.1) is 0 Å². The molecule has 0 radical (unpaired) electrons. The average molecular weight is 221 g/mol. The number of amides is 3. The quantitative estimate of drug-likeness (QED) is 0.661. The Labute approximate surface area is 94.2 Å². The molecule has 16 heavy (non-hydrogen) atoms. The molecule has 1 aromatic carbocycles. The summed E-state index contributed by atoms with van der Waals surface area (Å²) in [5, 5.41) is 2.58. The van der Waals surface area contributed by atoms with Crippen molar-refractivity contribution in [1.29, 1.82) is 0 Å². The lowest BCUT2D eigenvalue weighted by molar-refractivity contribution is -0.119. The Bertz CT molecular complexity index is 373. The van der Waals surface area contributed by atoms with Crippen LogP contribution < -0.4 is 16.2 Å². The van der Waals surface area contributed by atoms with E-state index in [9.17, 15) is 9.59 Å². The van der Waals surface area contributed by atoms with Gasteiger partial charge >= 0.3 is 6.03 Å². The summed E-state index contributed by atoms with van der Waals surface area (Å²) in [4.78, 5) is 21.8. The molecule has 0 atom stereocenters. The highest BCUT2D eigenvalue weighted by molar-refractivity contribution is 5.90. The fourth-order valence-electron chi connectivity index (χ4n) is 1.13. The van der Waals surface area contributed by atoms with E-state index in [1.54, 1.807) is 0 Å². The van der Waals surface area contributed by atoms with E-state index in [1.807, 2.05) is 24.3 Å². The van der Waals surface area contributed by atoms with Crippen molar-refractivity contribution in [3.8, 4) is 0 Å². The second-order valence-electron chi connectivity index (χ2n) is 3.31. The van der Waals surface area contributed by atoms with E-state index in [0.717, 1.165) is 6.42 Å². The maximum Gasteiger partial charge on any atom is 0.337 e. The molecule has 86 valence electrons. The third-order valence-corrected chi connectivity index (χ3v) is 1.97. The fourth-order valence-corrected chi connectivity index (χ4v) is 1.13. The minimum absolute atomic E-state index is 0.323. The molecular weight excluding hydrogens is 206 g/mol. The summed E-state index contributed by atoms with van der Waals surface area (Å²) in [6, 6.07) is 7.03. The molecule has 0 aliphatic rings. The van der Waals surface area contributed by atoms with Crippen molar-refractivity contribution in [3.05, 3.63) is 29.8 Å². The zero-order valence-electron chi connectivity index (χ0n) is 9.33. The summed E-state index contributed by atoms with van der Waals surface area (Å²) in [7, 11) is 0. The number of hydrazine groups is 1. The summed E-state index contributed by atoms with van der Waals surface area (Å²) in [6.07, 6.45) is 0.957. The number of aryl methyl sites for hydroxylation is 1. The van der Waals surface area contributed by atoms with E-state index in [4.69, 9.17) is 0 Å². The minimum atomic E-state index is -0.473. The number of rotatable bonds is 2. The van der Waals surface area contributed by atoms with Gasteiger partial charge in [0.05, 0.1) is 0 Å². The molecule has 3 N–H and O–H groups in total. The van der Waals surface area contributed by atoms with Gasteiger partial charge in [-0.2, -0.15) is 0 Å². The molecule has 0 saturated heterocycles. The van der Waals surface area contributed by atoms with Crippen molar-refractivity contribution in [2.24, 2.45) is 0 Å². The van der Waals surface area contributed by atoms with Gasteiger partial charge in [-0.05, 0) is 24.1 Å². The number of benzene rings is 1. The van der Waals surface area contributed by atoms with Crippen LogP contribution >= 0.6 is 0 Å². The van der Waals surface area contributed by atoms with Crippen LogP contribution in [0.2, 0.25) is 0 Å². The standard InChI is InChI=1S/C11H15N3O2/c1-3-9-4-6-10(7-5-9)12-11(16)14-13-8(2)15/h4-7H,3H2,1-2H3,(H,13,15)(H2,12,14,16). The minimum Gasteiger partial charge on any atom is -0.307 e. The van der Waals surface area contributed by atoms with E-state index in [1.165, 1.54) is 12.5 Å². The van der Waals surface area contributed by atoms with E-state index >= 15 is 0 Å². The molecule has 1 aromatic rings. The smallest absolute Gasteiger partial charge is 0.307 e. The highest BCUT2D eigenvalue weighted by Gasteiger charge is 2.01. The lowest BCUT2D eigenvalue weighted by Gasteiger charge is -2.07. The zero-order valence-corrected chi connectivity index (χ0v) is 9.33. The van der Waals surface area contributed by atoms with Crippen LogP contribution in [0, 0.1) is 0 Å². The van der Waals surface area contributed by atoms with Gasteiger partial charge in [-0.3, -0.25) is 10.2 Å². The number of carbonyl (C=O) groups excluding carboxylic acids is 2. The summed E-state index contributed by atoms with van der Waals surface area (Å²) < 4.78 is 0. The molecular formula is C11H15N3O2. The Hall–Kier alpha value is -2.04. The monoisotopic (exact) mass is 221 g/mol. The summed E-state index contributed by atoms with van der Waals surface area (Å²) in [6.45, 7) is 3.38. The van der Waals surface area contributed by atoms with E-state index in [-0.39, 0.29) is 5.91 Å². The molecule has 0 aliphatic carbocycles. The molecule has 5 heteroatoms. The van der Waals surface area contributed by atoms with Gasteiger partial charge in [-0.1, -0.05) is 19.1 Å². The van der Waals surface area contributed by atoms with Crippen LogP contribution in [0.4, 0.5) is 10.5 Å². The molecule has 0 aliphatic heterocycles. The second-order valence-corrected chi connectivity index (χ2v) is 3.31. The van der Waals surface area contributed by atoms with Crippen LogP contribution in [0.1, 0.15) is 19.4 Å². The molecule has 0 saturated carbocycles. The Morgan fingerprint density at radius 3 is 2.25 bits per heavy atom. The van der Waals surface area contributed by atoms with Crippen molar-refractivity contribution in [1.82, 2.24) is 10.9 Å². The molecule has 0 fully saturated rings. The van der Waals surface area contributed by atoms with Crippen LogP contribution in [0.5, 0.6) is 0 Å². The van der Waals surface area contributed by atoms with Gasteiger partial charge in [-0.25, -0.2) is 10.2 Å². The molecule has 3 amide bonds. The Kier molecular flexibility index (Phi) is 4.32. The van der Waals surface area contributed by atoms with Gasteiger partial charge < -0.3 is 5.32 Å². The first-order valence-corrected chi connectivity index (χ1v) is 5.04. The summed E-state index contributed by atoms with van der Waals surface area (Å²) in [5.74, 6) is -0.323. The third kappa shape index (κ3) is 4.00. The number of urea groups is 1. The highest BCUT2D eigenvalue weighted by atomic mass is 16.2. The van der Waals surface area contributed by atoms with Gasteiger partial charge in [0.15, 0.2) is 0 Å². The normalized spacial score (nSPS) is 9.38. The van der Waals surface area contributed by atoms with Gasteiger partial charge in [0.25, 0.3) is 0 Å². The SMILES string of the molecule is CCc1ccc(NC(=O)NNC(C)=O)cc1. The van der Waals surface area contributed by atoms with Gasteiger partial charge in [0.1, 0.15) is 0 Å². The van der Waals surface area contributed by atoms with Gasteiger partial charge in [0.2, 0.25) is 5.91 Å². The Balaban J connectivity index is 2.46. The maximum atomic E-state index is 11.2. The van der Waals surface area contributed by atoms with Crippen LogP contribution in [-0.2, 0) is 11.2 Å². The summed E-state index contributed by atoms with van der Waals surface area (Å²) >= 11 is 0. The first-order chi connectivity index (χ1) is 7.61. The number of hydrogen-bond acceptors (Lipinski definition) is 2. The molecule has 0 heterocycles. The van der Waals surface area contributed by atoms with E-state index in [0.29, 0.717) is 5.69 Å². The predicted molar refractivity (Wildman–Crippen MR) is 61.8 cm³/mol. The molecule has 0 spiro atoms. The van der Waals surface area contributed by atoms with Crippen LogP contribution in [0.15, 0.2) is 24.3 Å². The Morgan fingerprint density at radius 1 is 1.12 bits per heavy atom. The van der Waals surface area contributed by atoms with Gasteiger partial charge in [0, 0.05) is 12.6 Å². The number of carbonyl (C=O) groups is 2. The molecule has 0 bridgehead atoms. The lowest BCUT2D eigenvalue weighted by Crippen LogP contribution is -2.42. The second kappa shape index (κ2) is 5.75. The molecule has 0 aromatic heterocycles. The van der Waals surface area contributed by atoms with Crippen molar-refractivity contribution >= 4 is 17.6 Å². The predicted octanol–water partition coefficient (Wildman–Crippen LogP) is 1.42. The van der Waals surface area contributed by atoms with E-state index in [2.05, 4.69) is 23.1 Å². The fraction of sp³-hybridized carbons (Fsp3) is 0.273. The van der Waals surface area contributed by atoms with Crippen molar-refractivity contribution in [2.45, 2.75) is 20.3 Å². The topological polar surface area (TPSA) is 70.2 Å². The zero-order chi connectivity index (χ0) is 12.0. The lowest BCUT2D eigenvalue weighted by atomic mass is 10.1. The van der Waals surface area contributed by atoms with Crippen LogP contribution in [-0.4, -0.2) is 11.9 Å². The molecule has 5 nitrogen and oxygen atoms in total. The van der Waals surface area contributed by atoms with Crippen LogP contribution in [0.3, 0.4) is 0 Å². The number of hydrogen-bond donors (Lipinski definition) is 3. The first-order valence-electron chi connectivity index (χ1n) is 5.04. The van der Waals surface area contributed by atoms with Crippen molar-refractivity contribution < 1.29 is 9.59 Å². The first kappa shape index (κ1) is 12.0. The highest BCUT2D eigenvalue weighted by Crippen LogP contribution is 2.09. The van der Waals surface area contributed by atoms with E-state index < -0.39 is 6.03 Å². The Morgan fingerprint density at radius 2 is 1.75 bits per heavy atom. The number of nitrogens with one attached hydrogen (secondary N) is 3. The van der Waals surface area contributed by atoms with Crippen molar-refractivity contribution in [3.63, 3.8) is 0 Å². The maximum absolute atomic E-state index is 11.2. The largest absolute Gasteiger partial charge is 0.337 e. The summed E-state index contributed by atoms with van der Waals surface area (Å²) in [5.41, 5.74) is 6.28. The molecule has 1 rings (SSSR count). The average Bonchev–Trinajstić information content (AvgIpc) is 2.27.